The van der Waals surface area contributed by atoms with Gasteiger partial charge >= 0.3 is 0 Å². The highest BCUT2D eigenvalue weighted by Crippen LogP contribution is 2.27. The van der Waals surface area contributed by atoms with Crippen molar-refractivity contribution >= 4 is 11.5 Å². The van der Waals surface area contributed by atoms with Crippen molar-refractivity contribution in [3.05, 3.63) is 5.69 Å². The van der Waals surface area contributed by atoms with E-state index >= 15 is 0 Å². The number of aliphatic hydroxyl groups excluding tert-OH is 1. The van der Waals surface area contributed by atoms with Crippen LogP contribution in [0.25, 0.3) is 0 Å². The van der Waals surface area contributed by atoms with Crippen LogP contribution in [0.3, 0.4) is 0 Å². The van der Waals surface area contributed by atoms with Gasteiger partial charge in [-0.05, 0) is 31.6 Å². The number of aryl methyl sites for hydroxylation is 2. The largest absolute Gasteiger partial charge is 0.394 e. The van der Waals surface area contributed by atoms with Gasteiger partial charge in [-0.25, -0.2) is 0 Å². The summed E-state index contributed by atoms with van der Waals surface area (Å²) in [5.41, 5.74) is 7.74. The fourth-order valence-electron chi connectivity index (χ4n) is 2.54. The summed E-state index contributed by atoms with van der Waals surface area (Å²) in [5.74, 6) is 1.45. The number of aliphatic hydroxyl groups is 1. The number of nitrogens with one attached hydrogen (secondary N) is 1. The molecular weight excluding hydrogens is 216 g/mol. The van der Waals surface area contributed by atoms with E-state index in [0.29, 0.717) is 5.92 Å². The predicted molar refractivity (Wildman–Crippen MR) is 68.8 cm³/mol. The number of nitrogen functional groups attached to an aromatic ring is 1. The summed E-state index contributed by atoms with van der Waals surface area (Å²) in [4.78, 5) is 0. The Hall–Kier alpha value is -1.23. The van der Waals surface area contributed by atoms with Crippen molar-refractivity contribution in [2.75, 3.05) is 17.6 Å². The highest BCUT2D eigenvalue weighted by molar-refractivity contribution is 5.64. The zero-order valence-electron chi connectivity index (χ0n) is 10.6. The SMILES string of the molecule is CCc1nn(C)c(NCC2CCC(O)C2)c1N. The highest BCUT2D eigenvalue weighted by Gasteiger charge is 2.23. The molecule has 5 nitrogen and oxygen atoms in total. The lowest BCUT2D eigenvalue weighted by molar-refractivity contribution is 0.178. The summed E-state index contributed by atoms with van der Waals surface area (Å²) in [7, 11) is 1.90. The van der Waals surface area contributed by atoms with Gasteiger partial charge in [0.25, 0.3) is 0 Å². The smallest absolute Gasteiger partial charge is 0.147 e. The van der Waals surface area contributed by atoms with Crippen molar-refractivity contribution in [3.8, 4) is 0 Å². The van der Waals surface area contributed by atoms with Gasteiger partial charge in [0.2, 0.25) is 0 Å². The average molecular weight is 238 g/mol. The minimum atomic E-state index is -0.114. The number of hydrogen-bond donors (Lipinski definition) is 3. The first kappa shape index (κ1) is 12.2. The molecule has 1 fully saturated rings. The van der Waals surface area contributed by atoms with Crippen LogP contribution in [-0.2, 0) is 13.5 Å². The van der Waals surface area contributed by atoms with Gasteiger partial charge in [-0.15, -0.1) is 0 Å². The lowest BCUT2D eigenvalue weighted by atomic mass is 10.1. The summed E-state index contributed by atoms with van der Waals surface area (Å²) in [5, 5.41) is 17.2. The van der Waals surface area contributed by atoms with Crippen molar-refractivity contribution in [3.63, 3.8) is 0 Å². The fourth-order valence-corrected chi connectivity index (χ4v) is 2.54. The zero-order valence-corrected chi connectivity index (χ0v) is 10.6. The van der Waals surface area contributed by atoms with Crippen LogP contribution in [0.1, 0.15) is 31.9 Å². The van der Waals surface area contributed by atoms with E-state index in [2.05, 4.69) is 17.3 Å². The van der Waals surface area contributed by atoms with Crippen molar-refractivity contribution in [2.24, 2.45) is 13.0 Å². The standard InChI is InChI=1S/C12H22N4O/c1-3-10-11(13)12(16(2)15-10)14-7-8-4-5-9(17)6-8/h8-9,14,17H,3-7,13H2,1-2H3. The maximum atomic E-state index is 9.48. The first-order chi connectivity index (χ1) is 8.11. The Balaban J connectivity index is 1.97. The normalized spacial score (nSPS) is 24.2. The predicted octanol–water partition coefficient (Wildman–Crippen LogP) is 1.14. The summed E-state index contributed by atoms with van der Waals surface area (Å²) >= 11 is 0. The molecule has 2 rings (SSSR count). The third kappa shape index (κ3) is 2.54. The Labute approximate surface area is 102 Å². The van der Waals surface area contributed by atoms with Crippen LogP contribution in [0, 0.1) is 5.92 Å². The van der Waals surface area contributed by atoms with E-state index in [-0.39, 0.29) is 6.10 Å². The molecular formula is C12H22N4O. The van der Waals surface area contributed by atoms with Crippen molar-refractivity contribution < 1.29 is 5.11 Å². The van der Waals surface area contributed by atoms with Gasteiger partial charge in [0.1, 0.15) is 5.82 Å². The second-order valence-electron chi connectivity index (χ2n) is 4.90. The summed E-state index contributed by atoms with van der Waals surface area (Å²) in [6.45, 7) is 2.92. The number of hydrogen-bond acceptors (Lipinski definition) is 4. The first-order valence-electron chi connectivity index (χ1n) is 6.35. The Morgan fingerprint density at radius 3 is 2.82 bits per heavy atom. The van der Waals surface area contributed by atoms with Gasteiger partial charge in [0.05, 0.1) is 17.5 Å². The molecule has 0 aliphatic heterocycles. The fraction of sp³-hybridized carbons (Fsp3) is 0.750. The van der Waals surface area contributed by atoms with Crippen LogP contribution in [0.5, 0.6) is 0 Å². The molecule has 1 saturated carbocycles. The maximum Gasteiger partial charge on any atom is 0.147 e. The van der Waals surface area contributed by atoms with Crippen molar-refractivity contribution in [1.29, 1.82) is 0 Å². The number of anilines is 2. The molecule has 1 aromatic heterocycles. The molecule has 2 unspecified atom stereocenters. The molecule has 0 aromatic carbocycles. The van der Waals surface area contributed by atoms with Crippen LogP contribution in [-0.4, -0.2) is 27.5 Å². The average Bonchev–Trinajstić information content (AvgIpc) is 2.82. The monoisotopic (exact) mass is 238 g/mol. The zero-order chi connectivity index (χ0) is 12.4. The number of nitrogens with zero attached hydrogens (tertiary/aromatic N) is 2. The maximum absolute atomic E-state index is 9.48. The number of rotatable bonds is 4. The second kappa shape index (κ2) is 4.96. The van der Waals surface area contributed by atoms with E-state index in [1.807, 2.05) is 7.05 Å². The van der Waals surface area contributed by atoms with Gasteiger partial charge in [0.15, 0.2) is 0 Å². The first-order valence-corrected chi connectivity index (χ1v) is 6.35. The van der Waals surface area contributed by atoms with Gasteiger partial charge in [0, 0.05) is 13.6 Å². The van der Waals surface area contributed by atoms with Crippen LogP contribution >= 0.6 is 0 Å². The van der Waals surface area contributed by atoms with Crippen LogP contribution in [0.2, 0.25) is 0 Å². The quantitative estimate of drug-likeness (QED) is 0.735. The minimum Gasteiger partial charge on any atom is -0.394 e. The van der Waals surface area contributed by atoms with Gasteiger partial charge in [-0.1, -0.05) is 6.92 Å². The molecule has 0 amide bonds. The Kier molecular flexibility index (Phi) is 3.57. The van der Waals surface area contributed by atoms with E-state index in [1.165, 1.54) is 0 Å². The molecule has 4 N–H and O–H groups in total. The van der Waals surface area contributed by atoms with Gasteiger partial charge in [-0.2, -0.15) is 5.10 Å². The third-order valence-electron chi connectivity index (χ3n) is 3.57. The van der Waals surface area contributed by atoms with E-state index in [4.69, 9.17) is 5.73 Å². The molecule has 17 heavy (non-hydrogen) atoms. The van der Waals surface area contributed by atoms with Gasteiger partial charge < -0.3 is 16.2 Å². The Bertz CT molecular complexity index is 388. The molecule has 5 heteroatoms. The molecule has 1 aliphatic rings. The highest BCUT2D eigenvalue weighted by atomic mass is 16.3. The summed E-state index contributed by atoms with van der Waals surface area (Å²) < 4.78 is 1.81. The van der Waals surface area contributed by atoms with Crippen LogP contribution in [0.15, 0.2) is 0 Å². The Morgan fingerprint density at radius 1 is 1.53 bits per heavy atom. The van der Waals surface area contributed by atoms with Crippen LogP contribution in [0.4, 0.5) is 11.5 Å². The van der Waals surface area contributed by atoms with E-state index in [0.717, 1.165) is 49.4 Å². The molecule has 1 aliphatic carbocycles. The molecule has 96 valence electrons. The van der Waals surface area contributed by atoms with Crippen molar-refractivity contribution in [1.82, 2.24) is 9.78 Å². The van der Waals surface area contributed by atoms with Crippen molar-refractivity contribution in [2.45, 2.75) is 38.7 Å². The van der Waals surface area contributed by atoms with E-state index < -0.39 is 0 Å². The topological polar surface area (TPSA) is 76.1 Å². The minimum absolute atomic E-state index is 0.114. The molecule has 2 atom stereocenters. The molecule has 0 saturated heterocycles. The molecule has 1 aromatic rings. The second-order valence-corrected chi connectivity index (χ2v) is 4.90. The summed E-state index contributed by atoms with van der Waals surface area (Å²) in [6.07, 6.45) is 3.64. The summed E-state index contributed by atoms with van der Waals surface area (Å²) in [6, 6.07) is 0. The number of nitrogens with two attached hydrogens (primary N) is 1. The molecule has 1 heterocycles. The van der Waals surface area contributed by atoms with E-state index in [1.54, 1.807) is 4.68 Å². The van der Waals surface area contributed by atoms with Crippen LogP contribution < -0.4 is 11.1 Å². The lowest BCUT2D eigenvalue weighted by Gasteiger charge is -2.12. The number of aromatic nitrogens is 2. The Morgan fingerprint density at radius 2 is 2.29 bits per heavy atom. The third-order valence-corrected chi connectivity index (χ3v) is 3.57. The molecule has 0 spiro atoms. The molecule has 0 bridgehead atoms. The lowest BCUT2D eigenvalue weighted by Crippen LogP contribution is -2.15. The van der Waals surface area contributed by atoms with Gasteiger partial charge in [-0.3, -0.25) is 4.68 Å². The molecule has 0 radical (unpaired) electrons. The van der Waals surface area contributed by atoms with E-state index in [9.17, 15) is 5.11 Å².